The van der Waals surface area contributed by atoms with Crippen molar-refractivity contribution >= 4 is 40.5 Å². The van der Waals surface area contributed by atoms with Crippen LogP contribution in [0.5, 0.6) is 0 Å². The number of halogens is 2. The largest absolute Gasteiger partial charge is 0.361 e. The molecule has 0 spiro atoms. The Bertz CT molecular complexity index is 866. The van der Waals surface area contributed by atoms with Gasteiger partial charge >= 0.3 is 0 Å². The number of hydroxylamine groups is 1. The fraction of sp³-hybridized carbons (Fsp3) is 0.200. The van der Waals surface area contributed by atoms with Crippen LogP contribution in [0.1, 0.15) is 29.1 Å². The van der Waals surface area contributed by atoms with E-state index in [4.69, 9.17) is 32.9 Å². The van der Waals surface area contributed by atoms with Crippen molar-refractivity contribution in [3.8, 4) is 0 Å². The van der Waals surface area contributed by atoms with Gasteiger partial charge in [-0.05, 0) is 61.4 Å². The van der Waals surface area contributed by atoms with E-state index in [0.29, 0.717) is 22.2 Å². The van der Waals surface area contributed by atoms with Crippen molar-refractivity contribution < 1.29 is 14.5 Å². The molecule has 3 aromatic rings. The van der Waals surface area contributed by atoms with Crippen molar-refractivity contribution in [2.24, 2.45) is 0 Å². The minimum atomic E-state index is -0.688. The van der Waals surface area contributed by atoms with Crippen molar-refractivity contribution in [1.29, 1.82) is 0 Å². The smallest absolute Gasteiger partial charge is 0.296 e. The van der Waals surface area contributed by atoms with Gasteiger partial charge in [0.1, 0.15) is 5.76 Å². The van der Waals surface area contributed by atoms with E-state index in [1.807, 2.05) is 48.5 Å². The summed E-state index contributed by atoms with van der Waals surface area (Å²) in [6, 6.07) is 16.9. The SMILES string of the molecule is O=C(NO)c1cc(CCCCN(c2ccc(Cl)cc2)c2ccc(Cl)cc2)on1. The van der Waals surface area contributed by atoms with Crippen molar-refractivity contribution in [3.05, 3.63) is 76.1 Å². The molecule has 146 valence electrons. The van der Waals surface area contributed by atoms with Crippen LogP contribution in [0.15, 0.2) is 59.1 Å². The van der Waals surface area contributed by atoms with Crippen LogP contribution >= 0.6 is 23.2 Å². The van der Waals surface area contributed by atoms with E-state index in [9.17, 15) is 4.79 Å². The van der Waals surface area contributed by atoms with Crippen molar-refractivity contribution in [2.75, 3.05) is 11.4 Å². The minimum absolute atomic E-state index is 0.0569. The lowest BCUT2D eigenvalue weighted by atomic mass is 10.1. The van der Waals surface area contributed by atoms with Crippen LogP contribution in [0.3, 0.4) is 0 Å². The van der Waals surface area contributed by atoms with Crippen LogP contribution in [0.25, 0.3) is 0 Å². The molecule has 28 heavy (non-hydrogen) atoms. The zero-order chi connectivity index (χ0) is 19.9. The van der Waals surface area contributed by atoms with Gasteiger partial charge in [0, 0.05) is 40.5 Å². The second-order valence-corrected chi connectivity index (χ2v) is 7.05. The van der Waals surface area contributed by atoms with Gasteiger partial charge in [-0.1, -0.05) is 28.4 Å². The first kappa shape index (κ1) is 20.2. The first-order valence-electron chi connectivity index (χ1n) is 8.75. The number of carbonyl (C=O) groups excluding carboxylic acids is 1. The molecule has 6 nitrogen and oxygen atoms in total. The maximum absolute atomic E-state index is 11.3. The summed E-state index contributed by atoms with van der Waals surface area (Å²) >= 11 is 12.0. The Kier molecular flexibility index (Phi) is 6.92. The highest BCUT2D eigenvalue weighted by Crippen LogP contribution is 2.28. The maximum Gasteiger partial charge on any atom is 0.296 e. The lowest BCUT2D eigenvalue weighted by Gasteiger charge is -2.25. The predicted molar refractivity (Wildman–Crippen MR) is 109 cm³/mol. The van der Waals surface area contributed by atoms with Crippen molar-refractivity contribution in [2.45, 2.75) is 19.3 Å². The number of hydrogen-bond acceptors (Lipinski definition) is 5. The number of aromatic nitrogens is 1. The molecular formula is C20H19Cl2N3O3. The third kappa shape index (κ3) is 5.25. The third-order valence-corrected chi connectivity index (χ3v) is 4.73. The highest BCUT2D eigenvalue weighted by molar-refractivity contribution is 6.31. The first-order valence-corrected chi connectivity index (χ1v) is 9.51. The summed E-state index contributed by atoms with van der Waals surface area (Å²) in [5.41, 5.74) is 3.66. The summed E-state index contributed by atoms with van der Waals surface area (Å²) in [6.07, 6.45) is 2.36. The summed E-state index contributed by atoms with van der Waals surface area (Å²) in [6.45, 7) is 0.779. The topological polar surface area (TPSA) is 78.6 Å². The van der Waals surface area contributed by atoms with Crippen LogP contribution in [0, 0.1) is 0 Å². The summed E-state index contributed by atoms with van der Waals surface area (Å²) in [5, 5.41) is 13.6. The van der Waals surface area contributed by atoms with E-state index in [1.165, 1.54) is 11.5 Å². The highest BCUT2D eigenvalue weighted by atomic mass is 35.5. The Balaban J connectivity index is 1.63. The fourth-order valence-corrected chi connectivity index (χ4v) is 3.07. The van der Waals surface area contributed by atoms with Crippen LogP contribution in [-0.4, -0.2) is 22.8 Å². The normalized spacial score (nSPS) is 10.7. The molecule has 2 aromatic carbocycles. The average Bonchev–Trinajstić information content (AvgIpc) is 3.18. The van der Waals surface area contributed by atoms with Crippen LogP contribution < -0.4 is 10.4 Å². The van der Waals surface area contributed by atoms with Crippen molar-refractivity contribution in [1.82, 2.24) is 10.6 Å². The molecule has 0 aliphatic rings. The molecule has 0 saturated carbocycles. The van der Waals surface area contributed by atoms with Gasteiger partial charge in [-0.3, -0.25) is 10.0 Å². The lowest BCUT2D eigenvalue weighted by Crippen LogP contribution is -2.18. The molecule has 0 fully saturated rings. The molecule has 1 aromatic heterocycles. The number of benzene rings is 2. The zero-order valence-corrected chi connectivity index (χ0v) is 16.5. The molecule has 0 bridgehead atoms. The van der Waals surface area contributed by atoms with Crippen LogP contribution in [0.4, 0.5) is 11.4 Å². The third-order valence-electron chi connectivity index (χ3n) is 4.22. The average molecular weight is 420 g/mol. The molecule has 0 atom stereocenters. The van der Waals surface area contributed by atoms with E-state index in [1.54, 1.807) is 0 Å². The summed E-state index contributed by atoms with van der Waals surface area (Å²) in [5.74, 6) is -0.0882. The number of carbonyl (C=O) groups is 1. The molecule has 3 rings (SSSR count). The molecule has 0 unspecified atom stereocenters. The maximum atomic E-state index is 11.3. The molecular weight excluding hydrogens is 401 g/mol. The standard InChI is InChI=1S/C20H19Cl2N3O3/c21-14-4-8-16(9-5-14)25(17-10-6-15(22)7-11-17)12-2-1-3-18-13-19(24-28-18)20(26)23-27/h4-11,13,27H,1-3,12H2,(H,23,26). The quantitative estimate of drug-likeness (QED) is 0.295. The van der Waals surface area contributed by atoms with Crippen LogP contribution in [0.2, 0.25) is 10.0 Å². The number of nitrogens with zero attached hydrogens (tertiary/aromatic N) is 2. The van der Waals surface area contributed by atoms with E-state index < -0.39 is 5.91 Å². The number of anilines is 2. The van der Waals surface area contributed by atoms with Gasteiger partial charge in [-0.2, -0.15) is 0 Å². The first-order chi connectivity index (χ1) is 13.6. The highest BCUT2D eigenvalue weighted by Gasteiger charge is 2.13. The molecule has 8 heteroatoms. The van der Waals surface area contributed by atoms with E-state index in [-0.39, 0.29) is 5.69 Å². The molecule has 0 radical (unpaired) electrons. The molecule has 0 aliphatic carbocycles. The van der Waals surface area contributed by atoms with Crippen molar-refractivity contribution in [3.63, 3.8) is 0 Å². The number of rotatable bonds is 8. The number of unbranched alkanes of at least 4 members (excludes halogenated alkanes) is 1. The van der Waals surface area contributed by atoms with Gasteiger partial charge in [-0.15, -0.1) is 0 Å². The molecule has 0 saturated heterocycles. The second kappa shape index (κ2) is 9.59. The molecule has 0 aliphatic heterocycles. The Morgan fingerprint density at radius 2 is 1.57 bits per heavy atom. The number of hydrogen-bond donors (Lipinski definition) is 2. The zero-order valence-electron chi connectivity index (χ0n) is 14.9. The summed E-state index contributed by atoms with van der Waals surface area (Å²) < 4.78 is 5.13. The Labute approximate surface area is 172 Å². The van der Waals surface area contributed by atoms with Crippen LogP contribution in [-0.2, 0) is 6.42 Å². The predicted octanol–water partition coefficient (Wildman–Crippen LogP) is 5.26. The van der Waals surface area contributed by atoms with E-state index in [2.05, 4.69) is 10.1 Å². The number of nitrogens with one attached hydrogen (secondary N) is 1. The minimum Gasteiger partial charge on any atom is -0.361 e. The second-order valence-electron chi connectivity index (χ2n) is 6.18. The Hall–Kier alpha value is -2.54. The van der Waals surface area contributed by atoms with Gasteiger partial charge in [0.2, 0.25) is 0 Å². The van der Waals surface area contributed by atoms with Gasteiger partial charge in [-0.25, -0.2) is 5.48 Å². The fourth-order valence-electron chi connectivity index (χ4n) is 2.81. The lowest BCUT2D eigenvalue weighted by molar-refractivity contribution is 0.0696. The van der Waals surface area contributed by atoms with Gasteiger partial charge < -0.3 is 9.42 Å². The Morgan fingerprint density at radius 1 is 1.00 bits per heavy atom. The number of aryl methyl sites for hydroxylation is 1. The molecule has 2 N–H and O–H groups in total. The summed E-state index contributed by atoms with van der Waals surface area (Å²) in [4.78, 5) is 13.5. The number of amides is 1. The Morgan fingerprint density at radius 3 is 2.11 bits per heavy atom. The molecule has 1 amide bonds. The van der Waals surface area contributed by atoms with Gasteiger partial charge in [0.25, 0.3) is 5.91 Å². The monoisotopic (exact) mass is 419 g/mol. The summed E-state index contributed by atoms with van der Waals surface area (Å²) in [7, 11) is 0. The van der Waals surface area contributed by atoms with E-state index >= 15 is 0 Å². The molecule has 1 heterocycles. The van der Waals surface area contributed by atoms with Gasteiger partial charge in [0.05, 0.1) is 0 Å². The van der Waals surface area contributed by atoms with Gasteiger partial charge in [0.15, 0.2) is 5.69 Å². The van der Waals surface area contributed by atoms with E-state index in [0.717, 1.165) is 30.8 Å².